The number of fused-ring (bicyclic) bond motifs is 2. The van der Waals surface area contributed by atoms with E-state index >= 15 is 0 Å². The van der Waals surface area contributed by atoms with Crippen LogP contribution in [0.4, 0.5) is 5.69 Å². The van der Waals surface area contributed by atoms with E-state index in [4.69, 9.17) is 15.2 Å². The van der Waals surface area contributed by atoms with Crippen molar-refractivity contribution in [3.63, 3.8) is 0 Å². The van der Waals surface area contributed by atoms with E-state index in [1.54, 1.807) is 0 Å². The van der Waals surface area contributed by atoms with Gasteiger partial charge in [0.1, 0.15) is 5.75 Å². The minimum Gasteiger partial charge on any atom is -0.467 e. The summed E-state index contributed by atoms with van der Waals surface area (Å²) in [4.78, 5) is 2.45. The summed E-state index contributed by atoms with van der Waals surface area (Å²) >= 11 is 0. The summed E-state index contributed by atoms with van der Waals surface area (Å²) in [5.74, 6) is 0.958. The fourth-order valence-corrected chi connectivity index (χ4v) is 3.37. The minimum absolute atomic E-state index is 0. The van der Waals surface area contributed by atoms with Crippen molar-refractivity contribution in [1.82, 2.24) is 4.90 Å². The molecular weight excluding hydrogens is 312 g/mol. The summed E-state index contributed by atoms with van der Waals surface area (Å²) < 4.78 is 11.1. The van der Waals surface area contributed by atoms with Gasteiger partial charge < -0.3 is 15.2 Å². The van der Waals surface area contributed by atoms with Gasteiger partial charge in [-0.05, 0) is 29.7 Å². The molecule has 0 spiro atoms. The Kier molecular flexibility index (Phi) is 4.76. The molecule has 0 amide bonds. The zero-order valence-electron chi connectivity index (χ0n) is 13.0. The zero-order chi connectivity index (χ0) is 14.9. The van der Waals surface area contributed by atoms with Gasteiger partial charge in [0.2, 0.25) is 0 Å². The first-order valence-electron chi connectivity index (χ1n) is 7.70. The molecule has 5 heteroatoms. The molecule has 4 rings (SSSR count). The van der Waals surface area contributed by atoms with Gasteiger partial charge in [-0.15, -0.1) is 12.4 Å². The van der Waals surface area contributed by atoms with Crippen molar-refractivity contribution in [3.8, 4) is 5.75 Å². The highest BCUT2D eigenvalue weighted by Gasteiger charge is 2.20. The maximum atomic E-state index is 6.03. The van der Waals surface area contributed by atoms with Crippen LogP contribution in [0.25, 0.3) is 0 Å². The predicted molar refractivity (Wildman–Crippen MR) is 92.6 cm³/mol. The molecule has 2 aromatic carbocycles. The van der Waals surface area contributed by atoms with Crippen molar-refractivity contribution >= 4 is 18.1 Å². The molecule has 2 aliphatic heterocycles. The van der Waals surface area contributed by atoms with Crippen molar-refractivity contribution in [2.75, 3.05) is 19.1 Å². The molecule has 0 aromatic heterocycles. The van der Waals surface area contributed by atoms with Gasteiger partial charge in [0.15, 0.2) is 6.79 Å². The van der Waals surface area contributed by atoms with Gasteiger partial charge in [-0.2, -0.15) is 0 Å². The van der Waals surface area contributed by atoms with Crippen LogP contribution in [-0.4, -0.2) is 18.2 Å². The Morgan fingerprint density at radius 2 is 1.91 bits per heavy atom. The average Bonchev–Trinajstić information content (AvgIpc) is 2.54. The highest BCUT2D eigenvalue weighted by molar-refractivity contribution is 5.85. The highest BCUT2D eigenvalue weighted by atomic mass is 35.5. The second kappa shape index (κ2) is 6.79. The summed E-state index contributed by atoms with van der Waals surface area (Å²) in [6.45, 7) is 3.82. The number of nitrogens with two attached hydrogens (primary N) is 1. The molecular formula is C18H21ClN2O2. The summed E-state index contributed by atoms with van der Waals surface area (Å²) in [6, 6.07) is 12.7. The molecule has 0 atom stereocenters. The molecule has 0 saturated carbocycles. The second-order valence-electron chi connectivity index (χ2n) is 6.01. The van der Waals surface area contributed by atoms with Crippen molar-refractivity contribution in [3.05, 3.63) is 58.7 Å². The SMILES string of the molecule is Cl.Nc1cc2c(c(CN3CCc4ccccc4C3)c1)OCOC2. The van der Waals surface area contributed by atoms with Crippen LogP contribution in [0, 0.1) is 0 Å². The number of ether oxygens (including phenoxy) is 2. The maximum absolute atomic E-state index is 6.03. The molecule has 122 valence electrons. The van der Waals surface area contributed by atoms with Gasteiger partial charge in [0.25, 0.3) is 0 Å². The summed E-state index contributed by atoms with van der Waals surface area (Å²) in [7, 11) is 0. The molecule has 23 heavy (non-hydrogen) atoms. The summed E-state index contributed by atoms with van der Waals surface area (Å²) in [5.41, 5.74) is 11.9. The van der Waals surface area contributed by atoms with Gasteiger partial charge in [-0.3, -0.25) is 4.90 Å². The van der Waals surface area contributed by atoms with Gasteiger partial charge in [0.05, 0.1) is 6.61 Å². The fraction of sp³-hybridized carbons (Fsp3) is 0.333. The number of rotatable bonds is 2. The average molecular weight is 333 g/mol. The number of nitrogen functional groups attached to an aromatic ring is 1. The predicted octanol–water partition coefficient (Wildman–Crippen LogP) is 3.12. The van der Waals surface area contributed by atoms with Crippen molar-refractivity contribution in [1.29, 1.82) is 0 Å². The molecule has 0 fully saturated rings. The highest BCUT2D eigenvalue weighted by Crippen LogP contribution is 2.32. The van der Waals surface area contributed by atoms with Crippen LogP contribution in [0.3, 0.4) is 0 Å². The smallest absolute Gasteiger partial charge is 0.189 e. The van der Waals surface area contributed by atoms with E-state index in [1.165, 1.54) is 11.1 Å². The van der Waals surface area contributed by atoms with E-state index in [0.29, 0.717) is 13.4 Å². The maximum Gasteiger partial charge on any atom is 0.189 e. The summed E-state index contributed by atoms with van der Waals surface area (Å²) in [5, 5.41) is 0. The number of benzene rings is 2. The Bertz CT molecular complexity index is 705. The molecule has 4 nitrogen and oxygen atoms in total. The van der Waals surface area contributed by atoms with Gasteiger partial charge in [0, 0.05) is 36.4 Å². The fourth-order valence-electron chi connectivity index (χ4n) is 3.37. The molecule has 0 bridgehead atoms. The molecule has 2 N–H and O–H groups in total. The van der Waals surface area contributed by atoms with E-state index in [1.807, 2.05) is 12.1 Å². The van der Waals surface area contributed by atoms with E-state index < -0.39 is 0 Å². The Hall–Kier alpha value is -1.75. The van der Waals surface area contributed by atoms with Crippen LogP contribution >= 0.6 is 12.4 Å². The third kappa shape index (κ3) is 3.29. The second-order valence-corrected chi connectivity index (χ2v) is 6.01. The van der Waals surface area contributed by atoms with Crippen LogP contribution in [0.15, 0.2) is 36.4 Å². The molecule has 2 aliphatic rings. The van der Waals surface area contributed by atoms with Crippen LogP contribution < -0.4 is 10.5 Å². The number of hydrogen-bond acceptors (Lipinski definition) is 4. The van der Waals surface area contributed by atoms with Crippen LogP contribution in [0.1, 0.15) is 22.3 Å². The number of hydrogen-bond donors (Lipinski definition) is 1. The number of halogens is 1. The monoisotopic (exact) mass is 332 g/mol. The van der Waals surface area contributed by atoms with Crippen LogP contribution in [-0.2, 0) is 30.9 Å². The van der Waals surface area contributed by atoms with E-state index in [2.05, 4.69) is 29.2 Å². The molecule has 2 aromatic rings. The number of nitrogens with zero attached hydrogens (tertiary/aromatic N) is 1. The lowest BCUT2D eigenvalue weighted by Crippen LogP contribution is -2.30. The standard InChI is InChI=1S/C18H20N2O2.ClH/c19-17-7-15(18-16(8-17)11-21-12-22-18)10-20-6-5-13-3-1-2-4-14(13)9-20;/h1-4,7-8H,5-6,9-12,19H2;1H. The normalized spacial score (nSPS) is 16.7. The van der Waals surface area contributed by atoms with E-state index in [0.717, 1.165) is 48.6 Å². The molecule has 0 aliphatic carbocycles. The quantitative estimate of drug-likeness (QED) is 0.858. The number of anilines is 1. The van der Waals surface area contributed by atoms with Gasteiger partial charge in [-0.1, -0.05) is 24.3 Å². The topological polar surface area (TPSA) is 47.7 Å². The Balaban J connectivity index is 0.00000156. The van der Waals surface area contributed by atoms with Crippen molar-refractivity contribution in [2.24, 2.45) is 0 Å². The molecule has 2 heterocycles. The lowest BCUT2D eigenvalue weighted by atomic mass is 9.99. The zero-order valence-corrected chi connectivity index (χ0v) is 13.8. The largest absolute Gasteiger partial charge is 0.467 e. The first-order valence-corrected chi connectivity index (χ1v) is 7.70. The first kappa shape index (κ1) is 16.1. The Morgan fingerprint density at radius 1 is 1.09 bits per heavy atom. The van der Waals surface area contributed by atoms with Gasteiger partial charge in [-0.25, -0.2) is 0 Å². The first-order chi connectivity index (χ1) is 10.8. The third-order valence-corrected chi connectivity index (χ3v) is 4.41. The lowest BCUT2D eigenvalue weighted by molar-refractivity contribution is -0.0174. The molecule has 0 unspecified atom stereocenters. The lowest BCUT2D eigenvalue weighted by Gasteiger charge is -2.30. The summed E-state index contributed by atoms with van der Waals surface area (Å²) in [6.07, 6.45) is 1.10. The Labute approximate surface area is 142 Å². The van der Waals surface area contributed by atoms with Gasteiger partial charge >= 0.3 is 0 Å². The van der Waals surface area contributed by atoms with Crippen LogP contribution in [0.2, 0.25) is 0 Å². The van der Waals surface area contributed by atoms with Crippen LogP contribution in [0.5, 0.6) is 5.75 Å². The van der Waals surface area contributed by atoms with E-state index in [-0.39, 0.29) is 12.4 Å². The van der Waals surface area contributed by atoms with Crippen molar-refractivity contribution < 1.29 is 9.47 Å². The van der Waals surface area contributed by atoms with E-state index in [9.17, 15) is 0 Å². The van der Waals surface area contributed by atoms with Crippen molar-refractivity contribution in [2.45, 2.75) is 26.1 Å². The Morgan fingerprint density at radius 3 is 2.78 bits per heavy atom. The minimum atomic E-state index is 0. The molecule has 0 saturated heterocycles. The molecule has 0 radical (unpaired) electrons. The third-order valence-electron chi connectivity index (χ3n) is 4.41.